The van der Waals surface area contributed by atoms with Crippen LogP contribution in [0.2, 0.25) is 10.8 Å². The van der Waals surface area contributed by atoms with Gasteiger partial charge in [0.05, 0.1) is 0 Å². The molecule has 0 atom stereocenters. The van der Waals surface area contributed by atoms with Gasteiger partial charge in [-0.05, 0) is 84.0 Å². The Hall–Kier alpha value is -0.435. The Labute approximate surface area is 300 Å². The third-order valence-electron chi connectivity index (χ3n) is 6.03. The van der Waals surface area contributed by atoms with E-state index in [2.05, 4.69) is 170 Å². The van der Waals surface area contributed by atoms with Crippen LogP contribution in [-0.2, 0) is 38.4 Å². The molecular formula is C35H48Cl2N2P2Pd2. The van der Waals surface area contributed by atoms with Crippen LogP contribution < -0.4 is 46.0 Å². The zero-order valence-corrected chi connectivity index (χ0v) is 32.7. The second-order valence-electron chi connectivity index (χ2n) is 9.92. The summed E-state index contributed by atoms with van der Waals surface area (Å²) in [5, 5.41) is 10.3. The number of nitrogens with zero attached hydrogens (tertiary/aromatic N) is 2. The molecule has 0 saturated carbocycles. The minimum absolute atomic E-state index is 0. The monoisotopic (exact) mass is 840 g/mol. The van der Waals surface area contributed by atoms with Crippen molar-refractivity contribution in [1.82, 2.24) is 9.80 Å². The van der Waals surface area contributed by atoms with Crippen LogP contribution in [0.3, 0.4) is 0 Å². The second-order valence-corrected chi connectivity index (χ2v) is 16.1. The van der Waals surface area contributed by atoms with Gasteiger partial charge in [0.2, 0.25) is 0 Å². The average molecular weight is 842 g/mol. The molecule has 0 N–H and O–H groups in total. The minimum Gasteiger partial charge on any atom is -1.00 e. The minimum atomic E-state index is -0.309. The van der Waals surface area contributed by atoms with Crippen LogP contribution in [0, 0.1) is 0 Å². The van der Waals surface area contributed by atoms with Crippen molar-refractivity contribution in [3.63, 3.8) is 0 Å². The van der Waals surface area contributed by atoms with Crippen molar-refractivity contribution in [2.45, 2.75) is 17.2 Å². The van der Waals surface area contributed by atoms with E-state index in [1.165, 1.54) is 40.0 Å². The summed E-state index contributed by atoms with van der Waals surface area (Å²) in [5.41, 5.74) is 0. The van der Waals surface area contributed by atoms with Gasteiger partial charge in [-0.3, -0.25) is 0 Å². The van der Waals surface area contributed by atoms with Crippen LogP contribution in [0.25, 0.3) is 0 Å². The van der Waals surface area contributed by atoms with Crippen molar-refractivity contribution < 1.29 is 63.2 Å². The fourth-order valence-corrected chi connectivity index (χ4v) is 8.99. The number of hydrogen-bond acceptors (Lipinski definition) is 2. The Kier molecular flexibility index (Phi) is 28.9. The Morgan fingerprint density at radius 2 is 0.674 bits per heavy atom. The second kappa shape index (κ2) is 27.8. The summed E-state index contributed by atoms with van der Waals surface area (Å²) in [6, 6.07) is 44.3. The van der Waals surface area contributed by atoms with E-state index < -0.39 is 0 Å². The predicted octanol–water partition coefficient (Wildman–Crippen LogP) is 0.923. The molecule has 0 bridgehead atoms. The van der Waals surface area contributed by atoms with Crippen LogP contribution in [-0.4, -0.2) is 63.4 Å². The van der Waals surface area contributed by atoms with Gasteiger partial charge in [-0.1, -0.05) is 121 Å². The largest absolute Gasteiger partial charge is 2.00 e. The standard InChI is InChI=1S/C27H26P2.C6H16N2.2CH3.2ClH.2Pd/c1-5-14-24(15-6-1)28(25-16-7-2-8-17-25)22-13-23-29(26-18-9-3-10-19-26)27-20-11-4-12-21-27;1-7(2)5-6-8(3)4;;;;;;/h1-12,14-21H,13,22-23H2;5-6H2,1-4H3;2*1H3;2*1H;;/q;;;;;;;+2/p-2. The first-order valence-corrected chi connectivity index (χ1v) is 19.9. The van der Waals surface area contributed by atoms with E-state index in [1.54, 1.807) is 0 Å². The van der Waals surface area contributed by atoms with E-state index >= 15 is 0 Å². The quantitative estimate of drug-likeness (QED) is 0.164. The third-order valence-corrected chi connectivity index (χ3v) is 11.2. The molecule has 0 spiro atoms. The van der Waals surface area contributed by atoms with E-state index in [0.29, 0.717) is 0 Å². The smallest absolute Gasteiger partial charge is 1.00 e. The fourth-order valence-electron chi connectivity index (χ4n) is 4.03. The maximum absolute atomic E-state index is 2.30. The summed E-state index contributed by atoms with van der Waals surface area (Å²) in [4.78, 5) is 4.36. The van der Waals surface area contributed by atoms with Gasteiger partial charge in [0.15, 0.2) is 0 Å². The maximum atomic E-state index is 2.30. The molecular weight excluding hydrogens is 794 g/mol. The van der Waals surface area contributed by atoms with Crippen LogP contribution >= 0.6 is 15.8 Å². The van der Waals surface area contributed by atoms with Crippen LogP contribution in [0.5, 0.6) is 0 Å². The molecule has 4 aromatic carbocycles. The molecule has 0 saturated heterocycles. The molecule has 4 aromatic rings. The van der Waals surface area contributed by atoms with Gasteiger partial charge in [-0.15, -0.1) is 0 Å². The summed E-state index contributed by atoms with van der Waals surface area (Å²) < 4.78 is 0. The number of hydrogen-bond donors (Lipinski definition) is 0. The van der Waals surface area contributed by atoms with Crippen molar-refractivity contribution in [1.29, 1.82) is 0 Å². The Morgan fingerprint density at radius 3 is 0.860 bits per heavy atom. The molecule has 0 aliphatic rings. The molecule has 0 aliphatic carbocycles. The predicted molar refractivity (Wildman–Crippen MR) is 181 cm³/mol. The number of likely N-dealkylation sites (N-methyl/N-ethyl adjacent to an activating group) is 2. The normalized spacial score (nSPS) is 10.1. The summed E-state index contributed by atoms with van der Waals surface area (Å²) >= 11 is 0.950. The van der Waals surface area contributed by atoms with Gasteiger partial charge < -0.3 is 34.6 Å². The summed E-state index contributed by atoms with van der Waals surface area (Å²) in [6.07, 6.45) is 3.72. The molecule has 0 fully saturated rings. The topological polar surface area (TPSA) is 6.48 Å². The Bertz CT molecular complexity index is 974. The van der Waals surface area contributed by atoms with Gasteiger partial charge in [-0.25, -0.2) is 0 Å². The van der Waals surface area contributed by atoms with Gasteiger partial charge in [0.25, 0.3) is 0 Å². The average Bonchev–Trinajstić information content (AvgIpc) is 2.99. The van der Waals surface area contributed by atoms with Gasteiger partial charge in [-0.2, -0.15) is 0 Å². The van der Waals surface area contributed by atoms with Crippen molar-refractivity contribution in [3.8, 4) is 0 Å². The van der Waals surface area contributed by atoms with E-state index in [9.17, 15) is 0 Å². The molecule has 242 valence electrons. The summed E-state index contributed by atoms with van der Waals surface area (Å²) in [7, 11) is 7.73. The van der Waals surface area contributed by atoms with Crippen LogP contribution in [0.4, 0.5) is 0 Å². The SMILES string of the molecule is CN(C)CCN(C)C.[CH3][Pd][CH3].[Cl-].[Cl-].[Pd+2].c1ccc(P(CCCP(c2ccccc2)c2ccccc2)c2ccccc2)cc1. The van der Waals surface area contributed by atoms with Gasteiger partial charge >= 0.3 is 49.2 Å². The van der Waals surface area contributed by atoms with Crippen LogP contribution in [0.15, 0.2) is 121 Å². The third kappa shape index (κ3) is 19.0. The molecule has 4 rings (SSSR count). The molecule has 0 heterocycles. The molecule has 0 aliphatic heterocycles. The molecule has 0 radical (unpaired) electrons. The number of halogens is 2. The Balaban J connectivity index is 0. The zero-order valence-electron chi connectivity index (χ0n) is 26.3. The summed E-state index contributed by atoms with van der Waals surface area (Å²) in [6.45, 7) is 2.29. The Morgan fingerprint density at radius 1 is 0.465 bits per heavy atom. The van der Waals surface area contributed by atoms with Gasteiger partial charge in [0.1, 0.15) is 0 Å². The molecule has 8 heteroatoms. The zero-order chi connectivity index (χ0) is 29.0. The summed E-state index contributed by atoms with van der Waals surface area (Å²) in [5.74, 6) is 0. The van der Waals surface area contributed by atoms with Crippen molar-refractivity contribution >= 4 is 37.1 Å². The fraction of sp³-hybridized carbons (Fsp3) is 0.314. The molecule has 0 aromatic heterocycles. The van der Waals surface area contributed by atoms with Crippen LogP contribution in [0.1, 0.15) is 6.42 Å². The maximum Gasteiger partial charge on any atom is 2.00 e. The molecule has 0 unspecified atom stereocenters. The molecule has 0 amide bonds. The number of rotatable bonds is 11. The van der Waals surface area contributed by atoms with E-state index in [0.717, 1.165) is 31.1 Å². The van der Waals surface area contributed by atoms with Crippen molar-refractivity contribution in [2.24, 2.45) is 0 Å². The van der Waals surface area contributed by atoms with Crippen molar-refractivity contribution in [3.05, 3.63) is 121 Å². The van der Waals surface area contributed by atoms with E-state index in [1.807, 2.05) is 0 Å². The number of benzene rings is 4. The first kappa shape index (κ1) is 44.7. The molecule has 2 nitrogen and oxygen atoms in total. The molecule has 43 heavy (non-hydrogen) atoms. The van der Waals surface area contributed by atoms with E-state index in [-0.39, 0.29) is 61.1 Å². The first-order valence-electron chi connectivity index (χ1n) is 13.7. The van der Waals surface area contributed by atoms with E-state index in [4.69, 9.17) is 0 Å². The van der Waals surface area contributed by atoms with Crippen molar-refractivity contribution in [2.75, 3.05) is 53.6 Å². The van der Waals surface area contributed by atoms with Gasteiger partial charge in [0, 0.05) is 13.1 Å². The first-order chi connectivity index (χ1) is 19.5.